The fourth-order valence-electron chi connectivity index (χ4n) is 3.95. The molecular formula is C26H35N3O3. The number of amides is 2. The summed E-state index contributed by atoms with van der Waals surface area (Å²) in [6, 6.07) is 15.9. The number of hydrogen-bond donors (Lipinski definition) is 1. The van der Waals surface area contributed by atoms with Crippen molar-refractivity contribution in [1.82, 2.24) is 4.90 Å². The lowest BCUT2D eigenvalue weighted by molar-refractivity contribution is -0.134. The molecule has 2 amide bonds. The van der Waals surface area contributed by atoms with Gasteiger partial charge < -0.3 is 19.9 Å². The quantitative estimate of drug-likeness (QED) is 0.570. The molecule has 6 nitrogen and oxygen atoms in total. The molecule has 0 saturated heterocycles. The highest BCUT2D eigenvalue weighted by Gasteiger charge is 2.30. The zero-order valence-electron chi connectivity index (χ0n) is 19.6. The summed E-state index contributed by atoms with van der Waals surface area (Å²) < 4.78 is 5.31. The first-order chi connectivity index (χ1) is 15.4. The van der Waals surface area contributed by atoms with E-state index in [1.54, 1.807) is 7.11 Å². The molecule has 0 spiro atoms. The number of anilines is 2. The molecule has 32 heavy (non-hydrogen) atoms. The number of rotatable bonds is 11. The zero-order valence-corrected chi connectivity index (χ0v) is 19.6. The molecule has 1 aliphatic rings. The van der Waals surface area contributed by atoms with Crippen LogP contribution in [0.1, 0.15) is 43.2 Å². The normalized spacial score (nSPS) is 14.0. The van der Waals surface area contributed by atoms with Crippen LogP contribution in [0.2, 0.25) is 0 Å². The van der Waals surface area contributed by atoms with Crippen molar-refractivity contribution in [2.24, 2.45) is 5.92 Å². The van der Waals surface area contributed by atoms with E-state index in [0.717, 1.165) is 41.8 Å². The maximum absolute atomic E-state index is 13.6. The van der Waals surface area contributed by atoms with E-state index < -0.39 is 0 Å². The molecule has 1 atom stereocenters. The maximum atomic E-state index is 13.6. The Labute approximate surface area is 191 Å². The Morgan fingerprint density at radius 2 is 1.84 bits per heavy atom. The molecule has 1 unspecified atom stereocenters. The summed E-state index contributed by atoms with van der Waals surface area (Å²) in [4.78, 5) is 29.8. The van der Waals surface area contributed by atoms with Crippen LogP contribution >= 0.6 is 0 Å². The van der Waals surface area contributed by atoms with Crippen LogP contribution < -0.4 is 10.2 Å². The Kier molecular flexibility index (Phi) is 8.28. The number of nitrogens with zero attached hydrogens (tertiary/aromatic N) is 2. The van der Waals surface area contributed by atoms with E-state index in [9.17, 15) is 9.59 Å². The van der Waals surface area contributed by atoms with Gasteiger partial charge in [0.15, 0.2) is 0 Å². The van der Waals surface area contributed by atoms with Gasteiger partial charge in [-0.2, -0.15) is 0 Å². The summed E-state index contributed by atoms with van der Waals surface area (Å²) in [7, 11) is 5.62. The topological polar surface area (TPSA) is 61.9 Å². The van der Waals surface area contributed by atoms with Crippen molar-refractivity contribution in [2.75, 3.05) is 44.6 Å². The number of hydrogen-bond acceptors (Lipinski definition) is 4. The minimum Gasteiger partial charge on any atom is -0.383 e. The molecule has 0 radical (unpaired) electrons. The first-order valence-electron chi connectivity index (χ1n) is 11.4. The fourth-order valence-corrected chi connectivity index (χ4v) is 3.95. The van der Waals surface area contributed by atoms with Crippen molar-refractivity contribution in [3.63, 3.8) is 0 Å². The smallest absolute Gasteiger partial charge is 0.230 e. The van der Waals surface area contributed by atoms with E-state index in [1.807, 2.05) is 79.3 Å². The van der Waals surface area contributed by atoms with E-state index >= 15 is 0 Å². The zero-order chi connectivity index (χ0) is 23.1. The predicted octanol–water partition coefficient (Wildman–Crippen LogP) is 4.27. The first kappa shape index (κ1) is 23.8. The molecule has 1 N–H and O–H groups in total. The molecule has 0 aromatic heterocycles. The highest BCUT2D eigenvalue weighted by Crippen LogP contribution is 2.32. The van der Waals surface area contributed by atoms with Gasteiger partial charge in [0.2, 0.25) is 11.8 Å². The maximum Gasteiger partial charge on any atom is 0.230 e. The largest absolute Gasteiger partial charge is 0.383 e. The highest BCUT2D eigenvalue weighted by molar-refractivity contribution is 5.94. The highest BCUT2D eigenvalue weighted by atomic mass is 16.5. The van der Waals surface area contributed by atoms with Gasteiger partial charge >= 0.3 is 0 Å². The van der Waals surface area contributed by atoms with Gasteiger partial charge in [0.05, 0.1) is 12.5 Å². The second kappa shape index (κ2) is 11.1. The number of nitrogens with one attached hydrogen (secondary N) is 1. The van der Waals surface area contributed by atoms with E-state index in [1.165, 1.54) is 0 Å². The van der Waals surface area contributed by atoms with Gasteiger partial charge in [-0.15, -0.1) is 0 Å². The Morgan fingerprint density at radius 1 is 1.12 bits per heavy atom. The van der Waals surface area contributed by atoms with Crippen molar-refractivity contribution >= 4 is 23.2 Å². The standard InChI is InChI=1S/C26H35N3O3/c1-5-23(19-9-7-6-8-10-19)26(31)29(15-16-32-4)18-21-17-22(13-14-24(21)28(2)3)27-25(30)20-11-12-20/h6-10,13-14,17,20,23H,5,11-12,15-16,18H2,1-4H3,(H,27,30). The molecule has 1 aliphatic carbocycles. The Hall–Kier alpha value is -2.86. The van der Waals surface area contributed by atoms with Crippen LogP contribution in [0.25, 0.3) is 0 Å². The summed E-state index contributed by atoms with van der Waals surface area (Å²) >= 11 is 0. The van der Waals surface area contributed by atoms with Crippen molar-refractivity contribution in [1.29, 1.82) is 0 Å². The van der Waals surface area contributed by atoms with Gasteiger partial charge in [-0.25, -0.2) is 0 Å². The molecule has 172 valence electrons. The average Bonchev–Trinajstić information content (AvgIpc) is 3.63. The molecule has 1 saturated carbocycles. The number of carbonyl (C=O) groups is 2. The van der Waals surface area contributed by atoms with Crippen molar-refractivity contribution in [3.05, 3.63) is 59.7 Å². The number of carbonyl (C=O) groups excluding carboxylic acids is 2. The van der Waals surface area contributed by atoms with Crippen LogP contribution in [0.15, 0.2) is 48.5 Å². The van der Waals surface area contributed by atoms with Crippen LogP contribution in [0.3, 0.4) is 0 Å². The summed E-state index contributed by atoms with van der Waals surface area (Å²) in [6.07, 6.45) is 2.65. The molecule has 0 aliphatic heterocycles. The van der Waals surface area contributed by atoms with Gasteiger partial charge in [-0.05, 0) is 48.6 Å². The lowest BCUT2D eigenvalue weighted by Crippen LogP contribution is -2.37. The minimum absolute atomic E-state index is 0.0796. The second-order valence-electron chi connectivity index (χ2n) is 8.63. The third kappa shape index (κ3) is 6.10. The fraction of sp³-hybridized carbons (Fsp3) is 0.462. The number of ether oxygens (including phenoxy) is 1. The molecule has 0 heterocycles. The van der Waals surface area contributed by atoms with Crippen molar-refractivity contribution < 1.29 is 14.3 Å². The molecule has 2 aromatic rings. The lowest BCUT2D eigenvalue weighted by Gasteiger charge is -2.29. The SMILES string of the molecule is CCC(C(=O)N(CCOC)Cc1cc(NC(=O)C2CC2)ccc1N(C)C)c1ccccc1. The van der Waals surface area contributed by atoms with Gasteiger partial charge in [0.1, 0.15) is 0 Å². The van der Waals surface area contributed by atoms with E-state index in [0.29, 0.717) is 19.7 Å². The third-order valence-corrected chi connectivity index (χ3v) is 5.92. The average molecular weight is 438 g/mol. The molecule has 2 aromatic carbocycles. The summed E-state index contributed by atoms with van der Waals surface area (Å²) in [6.45, 7) is 3.46. The number of benzene rings is 2. The first-order valence-corrected chi connectivity index (χ1v) is 11.4. The number of methoxy groups -OCH3 is 1. The van der Waals surface area contributed by atoms with Gasteiger partial charge in [-0.1, -0.05) is 37.3 Å². The van der Waals surface area contributed by atoms with E-state index in [4.69, 9.17) is 4.74 Å². The lowest BCUT2D eigenvalue weighted by atomic mass is 9.94. The van der Waals surface area contributed by atoms with Crippen LogP contribution in [0, 0.1) is 5.92 Å². The van der Waals surface area contributed by atoms with Crippen LogP contribution in [0.4, 0.5) is 11.4 Å². The van der Waals surface area contributed by atoms with Crippen LogP contribution in [0.5, 0.6) is 0 Å². The van der Waals surface area contributed by atoms with Crippen molar-refractivity contribution in [2.45, 2.75) is 38.6 Å². The second-order valence-corrected chi connectivity index (χ2v) is 8.63. The Bertz CT molecular complexity index is 910. The van der Waals surface area contributed by atoms with Gasteiger partial charge in [0, 0.05) is 51.6 Å². The summed E-state index contributed by atoms with van der Waals surface area (Å²) in [5.74, 6) is 0.112. The third-order valence-electron chi connectivity index (χ3n) is 5.92. The molecule has 6 heteroatoms. The Morgan fingerprint density at radius 3 is 2.44 bits per heavy atom. The molecule has 3 rings (SSSR count). The van der Waals surface area contributed by atoms with Crippen molar-refractivity contribution in [3.8, 4) is 0 Å². The van der Waals surface area contributed by atoms with Gasteiger partial charge in [0.25, 0.3) is 0 Å². The van der Waals surface area contributed by atoms with Crippen LogP contribution in [-0.4, -0.2) is 51.1 Å². The van der Waals surface area contributed by atoms with Crippen LogP contribution in [-0.2, 0) is 20.9 Å². The molecule has 1 fully saturated rings. The summed E-state index contributed by atoms with van der Waals surface area (Å²) in [5, 5.41) is 3.03. The Balaban J connectivity index is 1.87. The summed E-state index contributed by atoms with van der Waals surface area (Å²) in [5.41, 5.74) is 3.82. The molecular weight excluding hydrogens is 402 g/mol. The van der Waals surface area contributed by atoms with Gasteiger partial charge in [-0.3, -0.25) is 9.59 Å². The van der Waals surface area contributed by atoms with E-state index in [-0.39, 0.29) is 23.7 Å². The minimum atomic E-state index is -0.200. The predicted molar refractivity (Wildman–Crippen MR) is 129 cm³/mol. The molecule has 0 bridgehead atoms. The monoisotopic (exact) mass is 437 g/mol. The van der Waals surface area contributed by atoms with E-state index in [2.05, 4.69) is 5.32 Å².